The summed E-state index contributed by atoms with van der Waals surface area (Å²) in [5.74, 6) is -0.338. The van der Waals surface area contributed by atoms with Crippen molar-refractivity contribution in [3.63, 3.8) is 0 Å². The number of rotatable bonds is 4. The lowest BCUT2D eigenvalue weighted by Crippen LogP contribution is -2.51. The number of nitrogens with two attached hydrogens (primary N) is 1. The van der Waals surface area contributed by atoms with Crippen LogP contribution in [0.1, 0.15) is 33.6 Å². The van der Waals surface area contributed by atoms with Gasteiger partial charge in [-0.25, -0.2) is 0 Å². The molecule has 0 radical (unpaired) electrons. The Morgan fingerprint density at radius 3 is 2.67 bits per heavy atom. The third-order valence-corrected chi connectivity index (χ3v) is 3.36. The van der Waals surface area contributed by atoms with Gasteiger partial charge in [0, 0.05) is 13.1 Å². The first-order chi connectivity index (χ1) is 8.47. The van der Waals surface area contributed by atoms with Crippen molar-refractivity contribution in [2.45, 2.75) is 39.7 Å². The van der Waals surface area contributed by atoms with E-state index in [9.17, 15) is 9.59 Å². The van der Waals surface area contributed by atoms with E-state index < -0.39 is 6.04 Å². The Morgan fingerprint density at radius 2 is 2.11 bits per heavy atom. The molecule has 1 aliphatic heterocycles. The zero-order chi connectivity index (χ0) is 13.7. The molecule has 2 atom stereocenters. The quantitative estimate of drug-likeness (QED) is 0.754. The van der Waals surface area contributed by atoms with Gasteiger partial charge >= 0.3 is 5.97 Å². The summed E-state index contributed by atoms with van der Waals surface area (Å²) in [5, 5.41) is 0. The summed E-state index contributed by atoms with van der Waals surface area (Å²) < 4.78 is 5.01. The molecule has 104 valence electrons. The van der Waals surface area contributed by atoms with Crippen LogP contribution in [-0.4, -0.2) is 42.5 Å². The summed E-state index contributed by atoms with van der Waals surface area (Å²) in [5.41, 5.74) is 5.86. The molecule has 1 fully saturated rings. The molecule has 0 aromatic heterocycles. The average Bonchev–Trinajstić information content (AvgIpc) is 2.37. The van der Waals surface area contributed by atoms with Crippen LogP contribution >= 0.6 is 0 Å². The lowest BCUT2D eigenvalue weighted by atomic mass is 9.96. The molecule has 1 saturated heterocycles. The molecule has 2 unspecified atom stereocenters. The summed E-state index contributed by atoms with van der Waals surface area (Å²) in [4.78, 5) is 25.5. The van der Waals surface area contributed by atoms with Gasteiger partial charge in [-0.2, -0.15) is 0 Å². The number of esters is 1. The van der Waals surface area contributed by atoms with E-state index in [1.807, 2.05) is 13.8 Å². The predicted octanol–water partition coefficient (Wildman–Crippen LogP) is 0.771. The minimum atomic E-state index is -0.481. The van der Waals surface area contributed by atoms with Gasteiger partial charge in [-0.05, 0) is 25.7 Å². The number of likely N-dealkylation sites (tertiary alicyclic amines) is 1. The Morgan fingerprint density at radius 1 is 1.44 bits per heavy atom. The number of piperidine rings is 1. The molecular weight excluding hydrogens is 232 g/mol. The van der Waals surface area contributed by atoms with Crippen molar-refractivity contribution in [1.29, 1.82) is 0 Å². The van der Waals surface area contributed by atoms with Crippen molar-refractivity contribution in [1.82, 2.24) is 4.90 Å². The lowest BCUT2D eigenvalue weighted by molar-refractivity contribution is -0.151. The summed E-state index contributed by atoms with van der Waals surface area (Å²) in [6.45, 7) is 7.16. The lowest BCUT2D eigenvalue weighted by Gasteiger charge is -2.33. The molecule has 0 aliphatic carbocycles. The molecule has 1 aliphatic rings. The normalized spacial score (nSPS) is 21.8. The number of ether oxygens (including phenoxy) is 1. The Hall–Kier alpha value is -1.10. The SMILES string of the molecule is CCOC(=O)C1CCCN(C(=O)C(N)C(C)C)C1. The monoisotopic (exact) mass is 256 g/mol. The standard InChI is InChI=1S/C13H24N2O3/c1-4-18-13(17)10-6-5-7-15(8-10)12(16)11(14)9(2)3/h9-11H,4-8,14H2,1-3H3. The van der Waals surface area contributed by atoms with Crippen LogP contribution in [0.5, 0.6) is 0 Å². The highest BCUT2D eigenvalue weighted by atomic mass is 16.5. The van der Waals surface area contributed by atoms with Crippen molar-refractivity contribution < 1.29 is 14.3 Å². The van der Waals surface area contributed by atoms with Gasteiger partial charge in [0.15, 0.2) is 0 Å². The molecule has 0 aromatic rings. The first kappa shape index (κ1) is 15.0. The van der Waals surface area contributed by atoms with Gasteiger partial charge in [0.05, 0.1) is 18.6 Å². The van der Waals surface area contributed by atoms with E-state index in [-0.39, 0.29) is 23.7 Å². The van der Waals surface area contributed by atoms with Gasteiger partial charge in [-0.15, -0.1) is 0 Å². The van der Waals surface area contributed by atoms with Crippen LogP contribution in [0.15, 0.2) is 0 Å². The number of amides is 1. The fourth-order valence-corrected chi connectivity index (χ4v) is 2.13. The molecule has 0 bridgehead atoms. The van der Waals surface area contributed by atoms with E-state index >= 15 is 0 Å². The molecule has 1 amide bonds. The van der Waals surface area contributed by atoms with E-state index in [2.05, 4.69) is 0 Å². The fourth-order valence-electron chi connectivity index (χ4n) is 2.13. The number of carbonyl (C=O) groups is 2. The second kappa shape index (κ2) is 6.73. The maximum Gasteiger partial charge on any atom is 0.310 e. The second-order valence-electron chi connectivity index (χ2n) is 5.15. The Balaban J connectivity index is 2.58. The first-order valence-electron chi connectivity index (χ1n) is 6.68. The van der Waals surface area contributed by atoms with Gasteiger partial charge in [0.25, 0.3) is 0 Å². The van der Waals surface area contributed by atoms with E-state index in [1.54, 1.807) is 11.8 Å². The molecular formula is C13H24N2O3. The molecule has 5 heteroatoms. The van der Waals surface area contributed by atoms with Crippen molar-refractivity contribution >= 4 is 11.9 Å². The number of nitrogens with zero attached hydrogens (tertiary/aromatic N) is 1. The first-order valence-corrected chi connectivity index (χ1v) is 6.68. The topological polar surface area (TPSA) is 72.6 Å². The molecule has 0 aromatic carbocycles. The summed E-state index contributed by atoms with van der Waals surface area (Å²) in [7, 11) is 0. The van der Waals surface area contributed by atoms with Crippen LogP contribution in [0.2, 0.25) is 0 Å². The summed E-state index contributed by atoms with van der Waals surface area (Å²) in [6.07, 6.45) is 1.62. The maximum atomic E-state index is 12.1. The third-order valence-electron chi connectivity index (χ3n) is 3.36. The highest BCUT2D eigenvalue weighted by Gasteiger charge is 2.32. The molecule has 0 saturated carbocycles. The van der Waals surface area contributed by atoms with Gasteiger partial charge in [-0.3, -0.25) is 9.59 Å². The highest BCUT2D eigenvalue weighted by molar-refractivity contribution is 5.83. The van der Waals surface area contributed by atoms with Crippen LogP contribution in [0.25, 0.3) is 0 Å². The molecule has 2 N–H and O–H groups in total. The Labute approximate surface area is 109 Å². The van der Waals surface area contributed by atoms with Crippen LogP contribution in [0, 0.1) is 11.8 Å². The number of hydrogen-bond acceptors (Lipinski definition) is 4. The van der Waals surface area contributed by atoms with E-state index in [0.717, 1.165) is 12.8 Å². The van der Waals surface area contributed by atoms with E-state index in [4.69, 9.17) is 10.5 Å². The molecule has 0 spiro atoms. The van der Waals surface area contributed by atoms with E-state index in [0.29, 0.717) is 19.7 Å². The number of hydrogen-bond donors (Lipinski definition) is 1. The smallest absolute Gasteiger partial charge is 0.310 e. The van der Waals surface area contributed by atoms with Gasteiger partial charge in [-0.1, -0.05) is 13.8 Å². The third kappa shape index (κ3) is 3.70. The summed E-state index contributed by atoms with van der Waals surface area (Å²) in [6, 6.07) is -0.481. The Bertz CT molecular complexity index is 305. The highest BCUT2D eigenvalue weighted by Crippen LogP contribution is 2.19. The van der Waals surface area contributed by atoms with Gasteiger partial charge in [0.2, 0.25) is 5.91 Å². The fraction of sp³-hybridized carbons (Fsp3) is 0.846. The summed E-state index contributed by atoms with van der Waals surface area (Å²) >= 11 is 0. The molecule has 18 heavy (non-hydrogen) atoms. The van der Waals surface area contributed by atoms with Crippen molar-refractivity contribution in [3.05, 3.63) is 0 Å². The largest absolute Gasteiger partial charge is 0.466 e. The van der Waals surface area contributed by atoms with Gasteiger partial charge < -0.3 is 15.4 Å². The van der Waals surface area contributed by atoms with Crippen LogP contribution in [0.3, 0.4) is 0 Å². The maximum absolute atomic E-state index is 12.1. The van der Waals surface area contributed by atoms with Crippen LogP contribution < -0.4 is 5.73 Å². The van der Waals surface area contributed by atoms with Crippen molar-refractivity contribution in [3.8, 4) is 0 Å². The number of carbonyl (C=O) groups excluding carboxylic acids is 2. The predicted molar refractivity (Wildman–Crippen MR) is 68.8 cm³/mol. The minimum Gasteiger partial charge on any atom is -0.466 e. The van der Waals surface area contributed by atoms with Crippen LogP contribution in [0.4, 0.5) is 0 Å². The molecule has 1 heterocycles. The zero-order valence-corrected chi connectivity index (χ0v) is 11.5. The second-order valence-corrected chi connectivity index (χ2v) is 5.15. The molecule has 5 nitrogen and oxygen atoms in total. The van der Waals surface area contributed by atoms with Gasteiger partial charge in [0.1, 0.15) is 0 Å². The van der Waals surface area contributed by atoms with Crippen molar-refractivity contribution in [2.75, 3.05) is 19.7 Å². The average molecular weight is 256 g/mol. The zero-order valence-electron chi connectivity index (χ0n) is 11.5. The Kier molecular flexibility index (Phi) is 5.59. The van der Waals surface area contributed by atoms with E-state index in [1.165, 1.54) is 0 Å². The van der Waals surface area contributed by atoms with Crippen molar-refractivity contribution in [2.24, 2.45) is 17.6 Å². The minimum absolute atomic E-state index is 0.0565. The van der Waals surface area contributed by atoms with Crippen LogP contribution in [-0.2, 0) is 14.3 Å². The molecule has 1 rings (SSSR count).